The standard InChI is InChI=1S/C12H16N4O3S2/c17-21(18,13-4-5-16-6-8-19-9-7-16)11-3-1-2-10-12(11)15-20-14-10/h1-3,13H,4-9H2. The predicted octanol–water partition coefficient (Wildman–Crippen LogP) is 0.302. The average Bonchev–Trinajstić information content (AvgIpc) is 2.96. The highest BCUT2D eigenvalue weighted by Crippen LogP contribution is 2.20. The molecule has 0 radical (unpaired) electrons. The zero-order valence-corrected chi connectivity index (χ0v) is 13.0. The van der Waals surface area contributed by atoms with Crippen LogP contribution in [0, 0.1) is 0 Å². The minimum Gasteiger partial charge on any atom is -0.379 e. The van der Waals surface area contributed by atoms with Gasteiger partial charge in [0.05, 0.1) is 24.9 Å². The van der Waals surface area contributed by atoms with Crippen LogP contribution in [0.2, 0.25) is 0 Å². The summed E-state index contributed by atoms with van der Waals surface area (Å²) in [5.41, 5.74) is 1.04. The number of hydrogen-bond donors (Lipinski definition) is 1. The molecule has 114 valence electrons. The molecule has 9 heteroatoms. The third kappa shape index (κ3) is 3.38. The topological polar surface area (TPSA) is 84.4 Å². The first-order chi connectivity index (χ1) is 10.2. The van der Waals surface area contributed by atoms with Crippen molar-refractivity contribution in [3.05, 3.63) is 18.2 Å². The van der Waals surface area contributed by atoms with Gasteiger partial charge in [-0.1, -0.05) is 6.07 Å². The highest BCUT2D eigenvalue weighted by atomic mass is 32.2. The summed E-state index contributed by atoms with van der Waals surface area (Å²) in [6.07, 6.45) is 0. The van der Waals surface area contributed by atoms with Crippen molar-refractivity contribution >= 4 is 32.8 Å². The normalized spacial score (nSPS) is 17.3. The lowest BCUT2D eigenvalue weighted by Crippen LogP contribution is -2.41. The van der Waals surface area contributed by atoms with Crippen molar-refractivity contribution in [2.24, 2.45) is 0 Å². The highest BCUT2D eigenvalue weighted by molar-refractivity contribution is 7.89. The number of sulfonamides is 1. The summed E-state index contributed by atoms with van der Waals surface area (Å²) < 4.78 is 40.8. The van der Waals surface area contributed by atoms with E-state index in [1.54, 1.807) is 18.2 Å². The van der Waals surface area contributed by atoms with E-state index in [4.69, 9.17) is 4.74 Å². The van der Waals surface area contributed by atoms with Crippen molar-refractivity contribution in [1.29, 1.82) is 0 Å². The Morgan fingerprint density at radius 3 is 2.90 bits per heavy atom. The van der Waals surface area contributed by atoms with E-state index in [9.17, 15) is 8.42 Å². The van der Waals surface area contributed by atoms with Crippen molar-refractivity contribution in [1.82, 2.24) is 18.4 Å². The van der Waals surface area contributed by atoms with Gasteiger partial charge in [-0.15, -0.1) is 0 Å². The average molecular weight is 328 g/mol. The van der Waals surface area contributed by atoms with Crippen LogP contribution in [0.25, 0.3) is 11.0 Å². The van der Waals surface area contributed by atoms with Crippen LogP contribution in [0.3, 0.4) is 0 Å². The monoisotopic (exact) mass is 328 g/mol. The summed E-state index contributed by atoms with van der Waals surface area (Å²) in [5, 5.41) is 0. The lowest BCUT2D eigenvalue weighted by molar-refractivity contribution is 0.0390. The van der Waals surface area contributed by atoms with E-state index < -0.39 is 10.0 Å². The van der Waals surface area contributed by atoms with Crippen LogP contribution in [0.4, 0.5) is 0 Å². The molecule has 3 rings (SSSR count). The van der Waals surface area contributed by atoms with E-state index in [-0.39, 0.29) is 4.90 Å². The molecule has 1 aliphatic rings. The van der Waals surface area contributed by atoms with Gasteiger partial charge < -0.3 is 4.74 Å². The van der Waals surface area contributed by atoms with Crippen molar-refractivity contribution in [3.63, 3.8) is 0 Å². The molecular formula is C12H16N4O3S2. The van der Waals surface area contributed by atoms with Crippen LogP contribution in [0.1, 0.15) is 0 Å². The number of nitrogens with zero attached hydrogens (tertiary/aromatic N) is 3. The maximum atomic E-state index is 12.4. The second-order valence-electron chi connectivity index (χ2n) is 4.74. The van der Waals surface area contributed by atoms with E-state index in [1.807, 2.05) is 0 Å². The minimum atomic E-state index is -3.56. The summed E-state index contributed by atoms with van der Waals surface area (Å²) in [5.74, 6) is 0. The first kappa shape index (κ1) is 14.8. The Hall–Kier alpha value is -1.13. The van der Waals surface area contributed by atoms with Gasteiger partial charge in [-0.2, -0.15) is 8.75 Å². The summed E-state index contributed by atoms with van der Waals surface area (Å²) in [7, 11) is -3.56. The van der Waals surface area contributed by atoms with Gasteiger partial charge in [0.15, 0.2) is 0 Å². The molecule has 2 heterocycles. The second kappa shape index (κ2) is 6.32. The molecule has 1 aliphatic heterocycles. The largest absolute Gasteiger partial charge is 0.379 e. The van der Waals surface area contributed by atoms with Crippen LogP contribution in [0.15, 0.2) is 23.1 Å². The van der Waals surface area contributed by atoms with Crippen LogP contribution in [0.5, 0.6) is 0 Å². The van der Waals surface area contributed by atoms with Gasteiger partial charge in [-0.3, -0.25) is 4.90 Å². The Morgan fingerprint density at radius 2 is 2.10 bits per heavy atom. The van der Waals surface area contributed by atoms with Crippen molar-refractivity contribution in [3.8, 4) is 0 Å². The van der Waals surface area contributed by atoms with Gasteiger partial charge >= 0.3 is 0 Å². The SMILES string of the molecule is O=S(=O)(NCCN1CCOCC1)c1cccc2nsnc12. The molecule has 0 spiro atoms. The Labute approximate surface area is 127 Å². The number of fused-ring (bicyclic) bond motifs is 1. The molecule has 0 saturated carbocycles. The smallest absolute Gasteiger partial charge is 0.242 e. The van der Waals surface area contributed by atoms with Crippen LogP contribution in [-0.2, 0) is 14.8 Å². The molecule has 0 unspecified atom stereocenters. The molecule has 1 saturated heterocycles. The summed E-state index contributed by atoms with van der Waals surface area (Å²) in [6.45, 7) is 4.14. The fourth-order valence-corrected chi connectivity index (χ4v) is 4.02. The molecule has 1 aromatic carbocycles. The van der Waals surface area contributed by atoms with Gasteiger partial charge in [-0.25, -0.2) is 13.1 Å². The Balaban J connectivity index is 1.67. The zero-order chi connectivity index (χ0) is 14.7. The Kier molecular flexibility index (Phi) is 4.45. The van der Waals surface area contributed by atoms with E-state index >= 15 is 0 Å². The van der Waals surface area contributed by atoms with E-state index in [0.29, 0.717) is 37.3 Å². The second-order valence-corrected chi connectivity index (χ2v) is 7.00. The Bertz CT molecular complexity index is 710. The lowest BCUT2D eigenvalue weighted by Gasteiger charge is -2.26. The molecule has 2 aromatic rings. The number of nitrogens with one attached hydrogen (secondary N) is 1. The summed E-state index contributed by atoms with van der Waals surface area (Å²) in [6, 6.07) is 4.99. The van der Waals surface area contributed by atoms with Crippen molar-refractivity contribution in [2.45, 2.75) is 4.90 Å². The first-order valence-corrected chi connectivity index (χ1v) is 8.89. The molecule has 1 N–H and O–H groups in total. The van der Waals surface area contributed by atoms with Gasteiger partial charge in [0.25, 0.3) is 0 Å². The lowest BCUT2D eigenvalue weighted by atomic mass is 10.3. The third-order valence-electron chi connectivity index (χ3n) is 3.36. The number of benzene rings is 1. The number of ether oxygens (including phenoxy) is 1. The van der Waals surface area contributed by atoms with Crippen LogP contribution in [-0.4, -0.2) is 61.5 Å². The van der Waals surface area contributed by atoms with E-state index in [0.717, 1.165) is 24.8 Å². The third-order valence-corrected chi connectivity index (χ3v) is 5.40. The van der Waals surface area contributed by atoms with Gasteiger partial charge in [0, 0.05) is 26.2 Å². The molecular weight excluding hydrogens is 312 g/mol. The molecule has 21 heavy (non-hydrogen) atoms. The zero-order valence-electron chi connectivity index (χ0n) is 11.4. The molecule has 0 aliphatic carbocycles. The molecule has 0 bridgehead atoms. The summed E-state index contributed by atoms with van der Waals surface area (Å²) in [4.78, 5) is 2.37. The molecule has 1 fully saturated rings. The summed E-state index contributed by atoms with van der Waals surface area (Å²) >= 11 is 1.02. The first-order valence-electron chi connectivity index (χ1n) is 6.68. The number of rotatable bonds is 5. The quantitative estimate of drug-likeness (QED) is 0.850. The molecule has 1 aromatic heterocycles. The van der Waals surface area contributed by atoms with Gasteiger partial charge in [0.2, 0.25) is 10.0 Å². The van der Waals surface area contributed by atoms with Gasteiger partial charge in [-0.05, 0) is 12.1 Å². The fraction of sp³-hybridized carbons (Fsp3) is 0.500. The van der Waals surface area contributed by atoms with Crippen molar-refractivity contribution in [2.75, 3.05) is 39.4 Å². The van der Waals surface area contributed by atoms with Crippen molar-refractivity contribution < 1.29 is 13.2 Å². The molecule has 7 nitrogen and oxygen atoms in total. The molecule has 0 amide bonds. The number of hydrogen-bond acceptors (Lipinski definition) is 7. The van der Waals surface area contributed by atoms with E-state index in [1.165, 1.54) is 0 Å². The molecule has 0 atom stereocenters. The van der Waals surface area contributed by atoms with Gasteiger partial charge in [0.1, 0.15) is 15.9 Å². The highest BCUT2D eigenvalue weighted by Gasteiger charge is 2.19. The fourth-order valence-electron chi connectivity index (χ4n) is 2.24. The maximum absolute atomic E-state index is 12.4. The maximum Gasteiger partial charge on any atom is 0.242 e. The number of aromatic nitrogens is 2. The predicted molar refractivity (Wildman–Crippen MR) is 79.9 cm³/mol. The Morgan fingerprint density at radius 1 is 1.29 bits per heavy atom. The van der Waals surface area contributed by atoms with E-state index in [2.05, 4.69) is 18.4 Å². The van der Waals surface area contributed by atoms with Crippen LogP contribution < -0.4 is 4.72 Å². The number of morpholine rings is 1. The minimum absolute atomic E-state index is 0.190. The van der Waals surface area contributed by atoms with Crippen LogP contribution >= 0.6 is 11.7 Å².